The summed E-state index contributed by atoms with van der Waals surface area (Å²) >= 11 is 0. The summed E-state index contributed by atoms with van der Waals surface area (Å²) in [6.07, 6.45) is 3.85. The number of nitrogens with zero attached hydrogens (tertiary/aromatic N) is 2. The molecule has 2 rings (SSSR count). The highest BCUT2D eigenvalue weighted by molar-refractivity contribution is 5.22. The van der Waals surface area contributed by atoms with E-state index in [1.54, 1.807) is 0 Å². The highest BCUT2D eigenvalue weighted by Gasteiger charge is 2.18. The van der Waals surface area contributed by atoms with Crippen molar-refractivity contribution in [2.45, 2.75) is 33.2 Å². The van der Waals surface area contributed by atoms with Crippen LogP contribution in [0.25, 0.3) is 0 Å². The van der Waals surface area contributed by atoms with Crippen LogP contribution in [0.5, 0.6) is 0 Å². The van der Waals surface area contributed by atoms with Crippen molar-refractivity contribution in [3.05, 3.63) is 53.6 Å². The van der Waals surface area contributed by atoms with Crippen molar-refractivity contribution in [3.8, 4) is 0 Å². The second-order valence-electron chi connectivity index (χ2n) is 5.52. The third-order valence-corrected chi connectivity index (χ3v) is 3.66. The Bertz CT molecular complexity index is 511. The summed E-state index contributed by atoms with van der Waals surface area (Å²) in [5, 5.41) is 0. The number of aryl methyl sites for hydroxylation is 1. The van der Waals surface area contributed by atoms with Gasteiger partial charge in [0.2, 0.25) is 0 Å². The van der Waals surface area contributed by atoms with Crippen molar-refractivity contribution in [2.24, 2.45) is 11.7 Å². The van der Waals surface area contributed by atoms with E-state index < -0.39 is 0 Å². The number of nitrogens with two attached hydrogens (primary N) is 1. The largest absolute Gasteiger partial charge is 0.330 e. The molecule has 0 aliphatic carbocycles. The third-order valence-electron chi connectivity index (χ3n) is 3.66. The van der Waals surface area contributed by atoms with Gasteiger partial charge >= 0.3 is 0 Å². The Labute approximate surface area is 115 Å². The average Bonchev–Trinajstić information content (AvgIpc) is 2.81. The molecular formula is C16H23N3. The van der Waals surface area contributed by atoms with Gasteiger partial charge in [0, 0.05) is 30.9 Å². The van der Waals surface area contributed by atoms with Gasteiger partial charge in [0.25, 0.3) is 0 Å². The molecule has 2 aromatic rings. The van der Waals surface area contributed by atoms with Gasteiger partial charge in [0.15, 0.2) is 0 Å². The molecule has 1 heterocycles. The van der Waals surface area contributed by atoms with E-state index in [9.17, 15) is 0 Å². The van der Waals surface area contributed by atoms with Crippen LogP contribution in [0.3, 0.4) is 0 Å². The average molecular weight is 257 g/mol. The molecule has 0 bridgehead atoms. The molecule has 0 aliphatic heterocycles. The summed E-state index contributed by atoms with van der Waals surface area (Å²) in [5.74, 6) is 0.895. The lowest BCUT2D eigenvalue weighted by atomic mass is 9.93. The molecule has 0 fully saturated rings. The van der Waals surface area contributed by atoms with Crippen LogP contribution in [0.2, 0.25) is 0 Å². The Morgan fingerprint density at radius 3 is 2.47 bits per heavy atom. The topological polar surface area (TPSA) is 43.8 Å². The first kappa shape index (κ1) is 13.8. The minimum absolute atomic E-state index is 0.368. The zero-order chi connectivity index (χ0) is 13.8. The highest BCUT2D eigenvalue weighted by atomic mass is 15.0. The maximum atomic E-state index is 5.91. The molecule has 2 N–H and O–H groups in total. The van der Waals surface area contributed by atoms with Crippen LogP contribution in [-0.4, -0.2) is 16.1 Å². The summed E-state index contributed by atoms with van der Waals surface area (Å²) in [6.45, 7) is 8.05. The quantitative estimate of drug-likeness (QED) is 0.895. The lowest BCUT2D eigenvalue weighted by molar-refractivity contribution is 0.478. The van der Waals surface area contributed by atoms with Crippen molar-refractivity contribution in [2.75, 3.05) is 6.54 Å². The first-order valence-electron chi connectivity index (χ1n) is 6.87. The van der Waals surface area contributed by atoms with E-state index in [-0.39, 0.29) is 0 Å². The molecule has 0 amide bonds. The van der Waals surface area contributed by atoms with Crippen LogP contribution < -0.4 is 5.73 Å². The lowest BCUT2D eigenvalue weighted by Gasteiger charge is -2.20. The SMILES string of the molecule is Cc1ccc(Cn2cncc2C(CN)C(C)C)cc1. The number of imidazole rings is 1. The molecule has 0 spiro atoms. The monoisotopic (exact) mass is 257 g/mol. The Morgan fingerprint density at radius 1 is 1.21 bits per heavy atom. The van der Waals surface area contributed by atoms with Crippen LogP contribution in [0, 0.1) is 12.8 Å². The molecule has 3 nitrogen and oxygen atoms in total. The molecule has 1 aromatic heterocycles. The fraction of sp³-hybridized carbons (Fsp3) is 0.438. The predicted molar refractivity (Wildman–Crippen MR) is 79.1 cm³/mol. The molecule has 0 saturated heterocycles. The first-order valence-corrected chi connectivity index (χ1v) is 6.87. The zero-order valence-electron chi connectivity index (χ0n) is 12.0. The number of aromatic nitrogens is 2. The molecule has 3 heteroatoms. The Balaban J connectivity index is 2.22. The normalized spacial score (nSPS) is 12.9. The Hall–Kier alpha value is -1.61. The van der Waals surface area contributed by atoms with E-state index in [0.717, 1.165) is 6.54 Å². The summed E-state index contributed by atoms with van der Waals surface area (Å²) in [4.78, 5) is 4.29. The van der Waals surface area contributed by atoms with E-state index in [0.29, 0.717) is 18.4 Å². The third kappa shape index (κ3) is 3.24. The predicted octanol–water partition coefficient (Wildman–Crippen LogP) is 2.94. The molecule has 1 unspecified atom stereocenters. The smallest absolute Gasteiger partial charge is 0.0951 e. The summed E-state index contributed by atoms with van der Waals surface area (Å²) in [5.41, 5.74) is 9.72. The molecule has 102 valence electrons. The van der Waals surface area contributed by atoms with Crippen LogP contribution >= 0.6 is 0 Å². The zero-order valence-corrected chi connectivity index (χ0v) is 12.0. The summed E-state index contributed by atoms with van der Waals surface area (Å²) in [7, 11) is 0. The molecule has 1 aromatic carbocycles. The van der Waals surface area contributed by atoms with Crippen molar-refractivity contribution in [3.63, 3.8) is 0 Å². The van der Waals surface area contributed by atoms with Gasteiger partial charge in [-0.2, -0.15) is 0 Å². The van der Waals surface area contributed by atoms with Crippen LogP contribution in [-0.2, 0) is 6.54 Å². The molecule has 0 aliphatic rings. The van der Waals surface area contributed by atoms with Gasteiger partial charge in [-0.1, -0.05) is 43.7 Å². The molecular weight excluding hydrogens is 234 g/mol. The number of rotatable bonds is 5. The van der Waals surface area contributed by atoms with Crippen molar-refractivity contribution >= 4 is 0 Å². The van der Waals surface area contributed by atoms with Crippen LogP contribution in [0.4, 0.5) is 0 Å². The second kappa shape index (κ2) is 6.02. The van der Waals surface area contributed by atoms with Gasteiger partial charge in [-0.3, -0.25) is 0 Å². The van der Waals surface area contributed by atoms with Crippen molar-refractivity contribution in [1.29, 1.82) is 0 Å². The molecule has 0 radical (unpaired) electrons. The van der Waals surface area contributed by atoms with Gasteiger partial charge in [0.05, 0.1) is 6.33 Å². The van der Waals surface area contributed by atoms with Gasteiger partial charge in [-0.15, -0.1) is 0 Å². The first-order chi connectivity index (χ1) is 9.11. The van der Waals surface area contributed by atoms with Gasteiger partial charge < -0.3 is 10.3 Å². The minimum Gasteiger partial charge on any atom is -0.330 e. The van der Waals surface area contributed by atoms with Crippen molar-refractivity contribution < 1.29 is 0 Å². The summed E-state index contributed by atoms with van der Waals surface area (Å²) in [6, 6.07) is 8.64. The fourth-order valence-corrected chi connectivity index (χ4v) is 2.40. The van der Waals surface area contributed by atoms with Gasteiger partial charge in [-0.05, 0) is 18.4 Å². The maximum absolute atomic E-state index is 5.91. The number of benzene rings is 1. The van der Waals surface area contributed by atoms with Gasteiger partial charge in [0.1, 0.15) is 0 Å². The maximum Gasteiger partial charge on any atom is 0.0951 e. The number of hydrogen-bond acceptors (Lipinski definition) is 2. The van der Waals surface area contributed by atoms with E-state index in [4.69, 9.17) is 5.73 Å². The Kier molecular flexibility index (Phi) is 4.38. The number of hydrogen-bond donors (Lipinski definition) is 1. The fourth-order valence-electron chi connectivity index (χ4n) is 2.40. The molecule has 19 heavy (non-hydrogen) atoms. The Morgan fingerprint density at radius 2 is 1.89 bits per heavy atom. The standard InChI is InChI=1S/C16H23N3/c1-12(2)15(8-17)16-9-18-11-19(16)10-14-6-4-13(3)5-7-14/h4-7,9,11-12,15H,8,10,17H2,1-3H3. The van der Waals surface area contributed by atoms with Crippen LogP contribution in [0.1, 0.15) is 36.6 Å². The van der Waals surface area contributed by atoms with Crippen LogP contribution in [0.15, 0.2) is 36.8 Å². The molecule has 1 atom stereocenters. The second-order valence-corrected chi connectivity index (χ2v) is 5.52. The van der Waals surface area contributed by atoms with Gasteiger partial charge in [-0.25, -0.2) is 4.98 Å². The summed E-state index contributed by atoms with van der Waals surface area (Å²) < 4.78 is 2.21. The minimum atomic E-state index is 0.368. The van der Waals surface area contributed by atoms with E-state index in [2.05, 4.69) is 54.6 Å². The van der Waals surface area contributed by atoms with E-state index in [1.165, 1.54) is 16.8 Å². The van der Waals surface area contributed by atoms with Crippen molar-refractivity contribution in [1.82, 2.24) is 9.55 Å². The molecule has 0 saturated carbocycles. The van der Waals surface area contributed by atoms with E-state index >= 15 is 0 Å². The van der Waals surface area contributed by atoms with E-state index in [1.807, 2.05) is 12.5 Å². The highest BCUT2D eigenvalue weighted by Crippen LogP contribution is 2.23. The lowest BCUT2D eigenvalue weighted by Crippen LogP contribution is -2.21.